The number of carbonyl (C=O) groups excluding carboxylic acids is 2. The van der Waals surface area contributed by atoms with Crippen molar-refractivity contribution in [3.63, 3.8) is 0 Å². The topological polar surface area (TPSA) is 52.6 Å². The minimum Gasteiger partial charge on any atom is -0.405 e. The van der Waals surface area contributed by atoms with E-state index in [0.717, 1.165) is 19.9 Å². The Morgan fingerprint density at radius 2 is 1.67 bits per heavy atom. The molecule has 0 heterocycles. The normalized spacial score (nSPS) is 10.2. The fraction of sp³-hybridized carbons (Fsp3) is 0.429. The van der Waals surface area contributed by atoms with Gasteiger partial charge in [-0.3, -0.25) is 9.59 Å². The van der Waals surface area contributed by atoms with E-state index in [2.05, 4.69) is 16.1 Å². The first-order valence-corrected chi connectivity index (χ1v) is 3.49. The van der Waals surface area contributed by atoms with Crippen molar-refractivity contribution in [2.75, 3.05) is 0 Å². The number of esters is 2. The fourth-order valence-electron chi connectivity index (χ4n) is 0.496. The Balaban J connectivity index is 4.33. The van der Waals surface area contributed by atoms with Gasteiger partial charge < -0.3 is 9.47 Å². The number of halogens is 1. The van der Waals surface area contributed by atoms with Gasteiger partial charge in [-0.25, -0.2) is 0 Å². The number of hydrogen-bond donors (Lipinski definition) is 0. The van der Waals surface area contributed by atoms with Crippen LogP contribution in [0.5, 0.6) is 0 Å². The summed E-state index contributed by atoms with van der Waals surface area (Å²) in [4.78, 5) is 20.9. The van der Waals surface area contributed by atoms with Crippen molar-refractivity contribution in [1.29, 1.82) is 0 Å². The average Bonchev–Trinajstić information content (AvgIpc) is 1.83. The summed E-state index contributed by atoms with van der Waals surface area (Å²) in [5.41, 5.74) is 0. The quantitative estimate of drug-likeness (QED) is 0.292. The van der Waals surface area contributed by atoms with E-state index in [1.807, 2.05) is 0 Å². The number of carbonyl (C=O) groups is 2. The Labute approximate surface area is 75.1 Å². The zero-order valence-corrected chi connectivity index (χ0v) is 7.55. The summed E-state index contributed by atoms with van der Waals surface area (Å²) in [6.07, 6.45) is 1.01. The third-order valence-electron chi connectivity index (χ3n) is 0.810. The molecule has 0 amide bonds. The molecule has 0 N–H and O–H groups in total. The molecule has 0 unspecified atom stereocenters. The van der Waals surface area contributed by atoms with Crippen LogP contribution in [-0.4, -0.2) is 17.2 Å². The zero-order valence-electron chi connectivity index (χ0n) is 6.80. The molecule has 12 heavy (non-hydrogen) atoms. The van der Waals surface area contributed by atoms with Gasteiger partial charge in [0.15, 0.2) is 0 Å². The summed E-state index contributed by atoms with van der Waals surface area (Å²) in [5.74, 6) is -1.32. The van der Waals surface area contributed by atoms with E-state index in [1.165, 1.54) is 0 Å². The summed E-state index contributed by atoms with van der Waals surface area (Å²) in [6.45, 7) is 5.54. The highest BCUT2D eigenvalue weighted by Crippen LogP contribution is 2.20. The molecule has 0 atom stereocenters. The third kappa shape index (κ3) is 3.98. The Bertz CT molecular complexity index is 195. The van der Waals surface area contributed by atoms with Gasteiger partial charge >= 0.3 is 17.2 Å². The maximum Gasteiger partial charge on any atom is 0.358 e. The van der Waals surface area contributed by atoms with Crippen LogP contribution in [0.1, 0.15) is 13.8 Å². The minimum absolute atomic E-state index is 0.661. The van der Waals surface area contributed by atoms with Crippen molar-refractivity contribution in [2.45, 2.75) is 19.1 Å². The standard InChI is InChI=1S/C7H9ClO4/c1-4-7(8,11-5(2)9)12-6(3)10/h4H,1H2,2-3H3. The maximum atomic E-state index is 10.5. The van der Waals surface area contributed by atoms with Gasteiger partial charge in [-0.1, -0.05) is 6.58 Å². The highest BCUT2D eigenvalue weighted by Gasteiger charge is 2.30. The second-order valence-electron chi connectivity index (χ2n) is 1.97. The highest BCUT2D eigenvalue weighted by molar-refractivity contribution is 6.24. The van der Waals surface area contributed by atoms with Crippen molar-refractivity contribution >= 4 is 23.5 Å². The van der Waals surface area contributed by atoms with Crippen LogP contribution >= 0.6 is 11.6 Å². The summed E-state index contributed by atoms with van der Waals surface area (Å²) in [7, 11) is 0. The molecular formula is C7H9ClO4. The lowest BCUT2D eigenvalue weighted by Crippen LogP contribution is -2.30. The van der Waals surface area contributed by atoms with Gasteiger partial charge in [-0.05, 0) is 11.6 Å². The van der Waals surface area contributed by atoms with Crippen LogP contribution in [0, 0.1) is 0 Å². The maximum absolute atomic E-state index is 10.5. The molecule has 0 rings (SSSR count). The first-order valence-electron chi connectivity index (χ1n) is 3.11. The number of alkyl halides is 1. The van der Waals surface area contributed by atoms with Crippen LogP contribution in [0.15, 0.2) is 12.7 Å². The average molecular weight is 193 g/mol. The molecule has 0 aliphatic carbocycles. The molecule has 5 heteroatoms. The van der Waals surface area contributed by atoms with Crippen molar-refractivity contribution in [1.82, 2.24) is 0 Å². The molecule has 0 aromatic carbocycles. The fourth-order valence-corrected chi connectivity index (χ4v) is 0.713. The Morgan fingerprint density at radius 1 is 1.33 bits per heavy atom. The molecule has 0 aromatic rings. The lowest BCUT2D eigenvalue weighted by Gasteiger charge is -2.20. The Morgan fingerprint density at radius 3 is 1.83 bits per heavy atom. The highest BCUT2D eigenvalue weighted by atomic mass is 35.5. The predicted molar refractivity (Wildman–Crippen MR) is 42.3 cm³/mol. The summed E-state index contributed by atoms with van der Waals surface area (Å²) >= 11 is 5.51. The van der Waals surface area contributed by atoms with E-state index in [0.29, 0.717) is 0 Å². The molecule has 0 saturated carbocycles. The molecule has 0 aromatic heterocycles. The molecule has 68 valence electrons. The summed E-state index contributed by atoms with van der Waals surface area (Å²) in [5, 5.41) is -1.88. The van der Waals surface area contributed by atoms with Gasteiger partial charge in [0.1, 0.15) is 0 Å². The number of ether oxygens (including phenoxy) is 2. The van der Waals surface area contributed by atoms with Gasteiger partial charge in [-0.15, -0.1) is 0 Å². The van der Waals surface area contributed by atoms with Gasteiger partial charge in [0.2, 0.25) is 0 Å². The van der Waals surface area contributed by atoms with E-state index in [4.69, 9.17) is 11.6 Å². The van der Waals surface area contributed by atoms with Crippen LogP contribution in [0.2, 0.25) is 0 Å². The van der Waals surface area contributed by atoms with Crippen LogP contribution < -0.4 is 0 Å². The van der Waals surface area contributed by atoms with Gasteiger partial charge in [0.25, 0.3) is 0 Å². The summed E-state index contributed by atoms with van der Waals surface area (Å²) < 4.78 is 8.93. The first kappa shape index (κ1) is 11.0. The van der Waals surface area contributed by atoms with E-state index >= 15 is 0 Å². The third-order valence-corrected chi connectivity index (χ3v) is 1.12. The largest absolute Gasteiger partial charge is 0.405 e. The molecule has 0 spiro atoms. The van der Waals surface area contributed by atoms with E-state index in [9.17, 15) is 9.59 Å². The molecule has 0 fully saturated rings. The molecule has 4 nitrogen and oxygen atoms in total. The van der Waals surface area contributed by atoms with Crippen molar-refractivity contribution in [3.8, 4) is 0 Å². The molecule has 0 aliphatic rings. The lowest BCUT2D eigenvalue weighted by atomic mass is 10.6. The van der Waals surface area contributed by atoms with E-state index in [-0.39, 0.29) is 0 Å². The van der Waals surface area contributed by atoms with Crippen molar-refractivity contribution < 1.29 is 19.1 Å². The molecule has 0 aliphatic heterocycles. The number of hydrogen-bond acceptors (Lipinski definition) is 4. The minimum atomic E-state index is -1.88. The number of rotatable bonds is 3. The zero-order chi connectivity index (χ0) is 9.78. The second kappa shape index (κ2) is 4.11. The lowest BCUT2D eigenvalue weighted by molar-refractivity contribution is -0.185. The van der Waals surface area contributed by atoms with Gasteiger partial charge in [0.05, 0.1) is 0 Å². The SMILES string of the molecule is C=CC(Cl)(OC(C)=O)OC(C)=O. The molecular weight excluding hydrogens is 184 g/mol. The van der Waals surface area contributed by atoms with Crippen molar-refractivity contribution in [2.24, 2.45) is 0 Å². The molecule has 0 bridgehead atoms. The van der Waals surface area contributed by atoms with Gasteiger partial charge in [-0.2, -0.15) is 0 Å². The van der Waals surface area contributed by atoms with Crippen LogP contribution in [0.25, 0.3) is 0 Å². The molecule has 0 saturated heterocycles. The van der Waals surface area contributed by atoms with Crippen LogP contribution in [0.4, 0.5) is 0 Å². The first-order chi connectivity index (χ1) is 5.39. The smallest absolute Gasteiger partial charge is 0.358 e. The predicted octanol–water partition coefficient (Wildman–Crippen LogP) is 1.19. The van der Waals surface area contributed by atoms with Crippen molar-refractivity contribution in [3.05, 3.63) is 12.7 Å². The Kier molecular flexibility index (Phi) is 3.76. The van der Waals surface area contributed by atoms with Crippen LogP contribution in [-0.2, 0) is 19.1 Å². The van der Waals surface area contributed by atoms with E-state index < -0.39 is 17.2 Å². The second-order valence-corrected chi connectivity index (χ2v) is 2.50. The molecule has 0 radical (unpaired) electrons. The van der Waals surface area contributed by atoms with Crippen LogP contribution in [0.3, 0.4) is 0 Å². The summed E-state index contributed by atoms with van der Waals surface area (Å²) in [6, 6.07) is 0. The van der Waals surface area contributed by atoms with Gasteiger partial charge in [0, 0.05) is 19.9 Å². The Hall–Kier alpha value is -1.03. The monoisotopic (exact) mass is 192 g/mol. The van der Waals surface area contributed by atoms with E-state index in [1.54, 1.807) is 0 Å².